The van der Waals surface area contributed by atoms with Gasteiger partial charge in [-0.1, -0.05) is 18.2 Å². The van der Waals surface area contributed by atoms with Crippen molar-refractivity contribution in [1.29, 1.82) is 0 Å². The molecule has 24 heavy (non-hydrogen) atoms. The Morgan fingerprint density at radius 3 is 2.50 bits per heavy atom. The van der Waals surface area contributed by atoms with Crippen molar-refractivity contribution in [2.45, 2.75) is 38.8 Å². The molecule has 2 unspecified atom stereocenters. The number of hydrogen-bond donors (Lipinski definition) is 2. The van der Waals surface area contributed by atoms with Crippen LogP contribution < -0.4 is 15.4 Å². The summed E-state index contributed by atoms with van der Waals surface area (Å²) in [5.41, 5.74) is 2.07. The molecule has 2 atom stereocenters. The Morgan fingerprint density at radius 1 is 1.12 bits per heavy atom. The van der Waals surface area contributed by atoms with Gasteiger partial charge in [-0.15, -0.1) is 0 Å². The lowest BCUT2D eigenvalue weighted by Crippen LogP contribution is -2.42. The second-order valence-corrected chi connectivity index (χ2v) is 5.88. The number of nitrogens with zero attached hydrogens (tertiary/aromatic N) is 1. The summed E-state index contributed by atoms with van der Waals surface area (Å²) >= 11 is 0. The van der Waals surface area contributed by atoms with Gasteiger partial charge < -0.3 is 15.4 Å². The molecule has 1 aromatic heterocycles. The smallest absolute Gasteiger partial charge is 0.315 e. The molecule has 2 amide bonds. The summed E-state index contributed by atoms with van der Waals surface area (Å²) in [6.45, 7) is 3.93. The van der Waals surface area contributed by atoms with Crippen molar-refractivity contribution in [3.05, 3.63) is 59.9 Å². The van der Waals surface area contributed by atoms with Crippen LogP contribution in [-0.2, 0) is 6.42 Å². The predicted molar refractivity (Wildman–Crippen MR) is 95.1 cm³/mol. The van der Waals surface area contributed by atoms with Crippen LogP contribution in [0.4, 0.5) is 4.79 Å². The van der Waals surface area contributed by atoms with Gasteiger partial charge in [0, 0.05) is 12.2 Å². The number of carbonyl (C=O) groups is 1. The van der Waals surface area contributed by atoms with Gasteiger partial charge in [0.1, 0.15) is 5.75 Å². The first-order valence-electron chi connectivity index (χ1n) is 8.19. The quantitative estimate of drug-likeness (QED) is 0.818. The number of benzene rings is 1. The molecule has 5 nitrogen and oxygen atoms in total. The number of aryl methyl sites for hydroxylation is 1. The van der Waals surface area contributed by atoms with E-state index < -0.39 is 0 Å². The molecule has 2 N–H and O–H groups in total. The highest BCUT2D eigenvalue weighted by Crippen LogP contribution is 2.13. The van der Waals surface area contributed by atoms with E-state index in [9.17, 15) is 4.79 Å². The number of pyridine rings is 1. The zero-order valence-corrected chi connectivity index (χ0v) is 14.5. The van der Waals surface area contributed by atoms with E-state index in [2.05, 4.69) is 27.8 Å². The molecular weight excluding hydrogens is 302 g/mol. The molecule has 0 aliphatic heterocycles. The standard InChI is InChI=1S/C19H25N3O2/c1-14(7-8-16-9-11-17(24-3)12-10-16)21-19(23)22-15(2)18-6-4-5-13-20-18/h4-6,9-15H,7-8H2,1-3H3,(H2,21,22,23). The van der Waals surface area contributed by atoms with Crippen LogP contribution in [-0.4, -0.2) is 24.2 Å². The van der Waals surface area contributed by atoms with Gasteiger partial charge in [-0.25, -0.2) is 4.79 Å². The maximum atomic E-state index is 12.1. The van der Waals surface area contributed by atoms with Crippen molar-refractivity contribution in [3.63, 3.8) is 0 Å². The Bertz CT molecular complexity index is 629. The summed E-state index contributed by atoms with van der Waals surface area (Å²) in [5, 5.41) is 5.88. The van der Waals surface area contributed by atoms with E-state index in [1.807, 2.05) is 44.2 Å². The van der Waals surface area contributed by atoms with Crippen LogP contribution in [0.1, 0.15) is 37.6 Å². The summed E-state index contributed by atoms with van der Waals surface area (Å²) in [5.74, 6) is 0.854. The molecule has 0 bridgehead atoms. The Hall–Kier alpha value is -2.56. The first-order chi connectivity index (χ1) is 11.6. The lowest BCUT2D eigenvalue weighted by molar-refractivity contribution is 0.234. The molecule has 128 valence electrons. The second kappa shape index (κ2) is 8.91. The van der Waals surface area contributed by atoms with E-state index in [0.717, 1.165) is 24.3 Å². The molecular formula is C19H25N3O2. The van der Waals surface area contributed by atoms with Crippen molar-refractivity contribution in [2.24, 2.45) is 0 Å². The van der Waals surface area contributed by atoms with Crippen LogP contribution in [0.15, 0.2) is 48.7 Å². The number of rotatable bonds is 7. The van der Waals surface area contributed by atoms with E-state index in [4.69, 9.17) is 4.74 Å². The number of nitrogens with one attached hydrogen (secondary N) is 2. The first-order valence-corrected chi connectivity index (χ1v) is 8.19. The average Bonchev–Trinajstić information content (AvgIpc) is 2.61. The Morgan fingerprint density at radius 2 is 1.88 bits per heavy atom. The highest BCUT2D eigenvalue weighted by molar-refractivity contribution is 5.74. The van der Waals surface area contributed by atoms with Gasteiger partial charge in [0.2, 0.25) is 0 Å². The normalized spacial score (nSPS) is 13.0. The number of amides is 2. The third kappa shape index (κ3) is 5.57. The van der Waals surface area contributed by atoms with Gasteiger partial charge in [0.15, 0.2) is 0 Å². The Balaban J connectivity index is 1.74. The molecule has 1 heterocycles. The Labute approximate surface area is 143 Å². The Kier molecular flexibility index (Phi) is 6.61. The molecule has 0 fully saturated rings. The molecule has 0 radical (unpaired) electrons. The molecule has 2 aromatic rings. The topological polar surface area (TPSA) is 63.2 Å². The van der Waals surface area contributed by atoms with Gasteiger partial charge in [0.05, 0.1) is 18.8 Å². The fraction of sp³-hybridized carbons (Fsp3) is 0.368. The van der Waals surface area contributed by atoms with Gasteiger partial charge in [-0.3, -0.25) is 4.98 Å². The van der Waals surface area contributed by atoms with Crippen molar-refractivity contribution >= 4 is 6.03 Å². The van der Waals surface area contributed by atoms with E-state index in [1.165, 1.54) is 5.56 Å². The van der Waals surface area contributed by atoms with Crippen LogP contribution in [0.5, 0.6) is 5.75 Å². The lowest BCUT2D eigenvalue weighted by Gasteiger charge is -2.18. The second-order valence-electron chi connectivity index (χ2n) is 5.88. The first kappa shape index (κ1) is 17.8. The van der Waals surface area contributed by atoms with E-state index >= 15 is 0 Å². The fourth-order valence-corrected chi connectivity index (χ4v) is 2.42. The summed E-state index contributed by atoms with van der Waals surface area (Å²) < 4.78 is 5.15. The molecule has 0 saturated heterocycles. The molecule has 0 aliphatic carbocycles. The van der Waals surface area contributed by atoms with E-state index in [0.29, 0.717) is 0 Å². The fourth-order valence-electron chi connectivity index (χ4n) is 2.42. The predicted octanol–water partition coefficient (Wildman–Crippen LogP) is 3.47. The summed E-state index contributed by atoms with van der Waals surface area (Å²) in [4.78, 5) is 16.3. The monoisotopic (exact) mass is 327 g/mol. The zero-order valence-electron chi connectivity index (χ0n) is 14.5. The molecule has 2 rings (SSSR count). The van der Waals surface area contributed by atoms with Crippen molar-refractivity contribution in [2.75, 3.05) is 7.11 Å². The van der Waals surface area contributed by atoms with Crippen molar-refractivity contribution < 1.29 is 9.53 Å². The maximum Gasteiger partial charge on any atom is 0.315 e. The summed E-state index contributed by atoms with van der Waals surface area (Å²) in [6.07, 6.45) is 3.50. The highest BCUT2D eigenvalue weighted by atomic mass is 16.5. The largest absolute Gasteiger partial charge is 0.497 e. The van der Waals surface area contributed by atoms with Crippen LogP contribution in [0.3, 0.4) is 0 Å². The summed E-state index contributed by atoms with van der Waals surface area (Å²) in [6, 6.07) is 13.5. The molecule has 5 heteroatoms. The third-order valence-electron chi connectivity index (χ3n) is 3.88. The van der Waals surface area contributed by atoms with E-state index in [1.54, 1.807) is 13.3 Å². The third-order valence-corrected chi connectivity index (χ3v) is 3.88. The minimum atomic E-state index is -0.171. The highest BCUT2D eigenvalue weighted by Gasteiger charge is 2.12. The SMILES string of the molecule is COc1ccc(CCC(C)NC(=O)NC(C)c2ccccn2)cc1. The van der Waals surface area contributed by atoms with Crippen LogP contribution in [0.2, 0.25) is 0 Å². The molecule has 1 aromatic carbocycles. The number of aromatic nitrogens is 1. The van der Waals surface area contributed by atoms with Gasteiger partial charge >= 0.3 is 6.03 Å². The van der Waals surface area contributed by atoms with Crippen LogP contribution >= 0.6 is 0 Å². The van der Waals surface area contributed by atoms with Gasteiger partial charge in [0.25, 0.3) is 0 Å². The molecule has 0 spiro atoms. The van der Waals surface area contributed by atoms with Gasteiger partial charge in [-0.2, -0.15) is 0 Å². The van der Waals surface area contributed by atoms with Crippen LogP contribution in [0, 0.1) is 0 Å². The number of ether oxygens (including phenoxy) is 1. The summed E-state index contributed by atoms with van der Waals surface area (Å²) in [7, 11) is 1.66. The van der Waals surface area contributed by atoms with E-state index in [-0.39, 0.29) is 18.1 Å². The minimum absolute atomic E-state index is 0.0861. The number of carbonyl (C=O) groups excluding carboxylic acids is 1. The lowest BCUT2D eigenvalue weighted by atomic mass is 10.1. The van der Waals surface area contributed by atoms with Crippen LogP contribution in [0.25, 0.3) is 0 Å². The molecule has 0 saturated carbocycles. The average molecular weight is 327 g/mol. The molecule has 0 aliphatic rings. The van der Waals surface area contributed by atoms with Crippen molar-refractivity contribution in [1.82, 2.24) is 15.6 Å². The van der Waals surface area contributed by atoms with Gasteiger partial charge in [-0.05, 0) is 56.5 Å². The number of hydrogen-bond acceptors (Lipinski definition) is 3. The number of urea groups is 1. The zero-order chi connectivity index (χ0) is 17.4. The maximum absolute atomic E-state index is 12.1. The van der Waals surface area contributed by atoms with Crippen molar-refractivity contribution in [3.8, 4) is 5.75 Å². The minimum Gasteiger partial charge on any atom is -0.497 e. The number of methoxy groups -OCH3 is 1.